The summed E-state index contributed by atoms with van der Waals surface area (Å²) in [6.07, 6.45) is 0. The van der Waals surface area contributed by atoms with Crippen LogP contribution in [0, 0.1) is 0 Å². The predicted molar refractivity (Wildman–Crippen MR) is 91.0 cm³/mol. The lowest BCUT2D eigenvalue weighted by Crippen LogP contribution is -2.43. The van der Waals surface area contributed by atoms with Crippen molar-refractivity contribution < 1.29 is 0 Å². The van der Waals surface area contributed by atoms with E-state index < -0.39 is 0 Å². The van der Waals surface area contributed by atoms with Crippen LogP contribution in [0.25, 0.3) is 5.70 Å². The Hall–Kier alpha value is -2.72. The molecule has 0 spiro atoms. The fourth-order valence-electron chi connectivity index (χ4n) is 2.78. The minimum atomic E-state index is 0.676. The first-order valence-corrected chi connectivity index (χ1v) is 7.20. The van der Waals surface area contributed by atoms with E-state index in [-0.39, 0.29) is 0 Å². The lowest BCUT2D eigenvalue weighted by atomic mass is 10.0. The van der Waals surface area contributed by atoms with Gasteiger partial charge in [-0.3, -0.25) is 5.01 Å². The number of rotatable bonds is 2. The number of fused-ring (bicyclic) bond motifs is 1. The molecular formula is C18H20N4. The smallest absolute Gasteiger partial charge is 0.121 e. The monoisotopic (exact) mass is 292 g/mol. The van der Waals surface area contributed by atoms with E-state index >= 15 is 0 Å². The highest BCUT2D eigenvalue weighted by atomic mass is 15.5. The zero-order valence-corrected chi connectivity index (χ0v) is 12.7. The van der Waals surface area contributed by atoms with Gasteiger partial charge in [0, 0.05) is 17.8 Å². The maximum absolute atomic E-state index is 6.24. The Labute approximate surface area is 130 Å². The van der Waals surface area contributed by atoms with E-state index in [1.54, 1.807) is 5.01 Å². The minimum absolute atomic E-state index is 0.676. The molecular weight excluding hydrogens is 272 g/mol. The highest BCUT2D eigenvalue weighted by Crippen LogP contribution is 2.38. The third-order valence-corrected chi connectivity index (χ3v) is 3.84. The molecule has 0 aliphatic carbocycles. The summed E-state index contributed by atoms with van der Waals surface area (Å²) >= 11 is 0. The predicted octanol–water partition coefficient (Wildman–Crippen LogP) is 3.00. The quantitative estimate of drug-likeness (QED) is 0.835. The van der Waals surface area contributed by atoms with E-state index in [9.17, 15) is 0 Å². The van der Waals surface area contributed by atoms with Gasteiger partial charge in [0.1, 0.15) is 5.82 Å². The molecule has 4 heteroatoms. The molecule has 0 fully saturated rings. The molecule has 4 N–H and O–H groups in total. The van der Waals surface area contributed by atoms with E-state index in [0.29, 0.717) is 18.1 Å². The second-order valence-corrected chi connectivity index (χ2v) is 5.41. The van der Waals surface area contributed by atoms with Crippen molar-refractivity contribution in [2.45, 2.75) is 13.5 Å². The van der Waals surface area contributed by atoms with Gasteiger partial charge in [0.25, 0.3) is 0 Å². The highest BCUT2D eigenvalue weighted by molar-refractivity contribution is 5.82. The Morgan fingerprint density at radius 2 is 1.68 bits per heavy atom. The number of nitrogens with zero attached hydrogens (tertiary/aromatic N) is 2. The molecule has 0 amide bonds. The van der Waals surface area contributed by atoms with Crippen molar-refractivity contribution in [1.82, 2.24) is 5.01 Å². The van der Waals surface area contributed by atoms with Gasteiger partial charge in [-0.1, -0.05) is 55.1 Å². The molecule has 0 radical (unpaired) electrons. The molecule has 0 atom stereocenters. The fourth-order valence-corrected chi connectivity index (χ4v) is 2.78. The number of anilines is 1. The van der Waals surface area contributed by atoms with Crippen LogP contribution in [-0.4, -0.2) is 5.01 Å². The molecule has 22 heavy (non-hydrogen) atoms. The van der Waals surface area contributed by atoms with E-state index in [1.807, 2.05) is 43.3 Å². The number of nitrogens with two attached hydrogens (primary N) is 2. The molecule has 0 saturated heterocycles. The van der Waals surface area contributed by atoms with Gasteiger partial charge in [-0.15, -0.1) is 0 Å². The minimum Gasteiger partial charge on any atom is -0.401 e. The summed E-state index contributed by atoms with van der Waals surface area (Å²) in [4.78, 5) is 2.11. The van der Waals surface area contributed by atoms with Gasteiger partial charge in [0.15, 0.2) is 0 Å². The number of hydrazine groups is 1. The zero-order valence-electron chi connectivity index (χ0n) is 12.7. The van der Waals surface area contributed by atoms with Crippen molar-refractivity contribution in [2.24, 2.45) is 11.6 Å². The molecule has 3 rings (SSSR count). The Bertz CT molecular complexity index is 730. The SMILES string of the molecule is C=C1N(N)/C(=C(/C)N)c2ccccc2N1Cc1ccccc1. The molecule has 2 aromatic rings. The standard InChI is InChI=1S/C18H20N4/c1-13(19)18-16-10-6-7-11-17(16)21(14(2)22(18)20)12-15-8-4-3-5-9-15/h3-11H,2,12,19-20H2,1H3/b18-13-. The summed E-state index contributed by atoms with van der Waals surface area (Å²) in [5.74, 6) is 6.95. The van der Waals surface area contributed by atoms with E-state index in [0.717, 1.165) is 16.9 Å². The van der Waals surface area contributed by atoms with Crippen molar-refractivity contribution in [2.75, 3.05) is 4.90 Å². The molecule has 0 bridgehead atoms. The normalized spacial score (nSPS) is 16.5. The number of hydrogen-bond acceptors (Lipinski definition) is 4. The fraction of sp³-hybridized carbons (Fsp3) is 0.111. The van der Waals surface area contributed by atoms with Crippen molar-refractivity contribution >= 4 is 11.4 Å². The molecule has 2 aromatic carbocycles. The number of para-hydroxylation sites is 1. The van der Waals surface area contributed by atoms with Gasteiger partial charge in [-0.2, -0.15) is 0 Å². The van der Waals surface area contributed by atoms with Crippen molar-refractivity contribution in [3.63, 3.8) is 0 Å². The van der Waals surface area contributed by atoms with E-state index in [2.05, 4.69) is 29.7 Å². The maximum atomic E-state index is 6.24. The molecule has 0 saturated carbocycles. The second-order valence-electron chi connectivity index (χ2n) is 5.41. The van der Waals surface area contributed by atoms with Crippen LogP contribution in [0.15, 0.2) is 72.7 Å². The lowest BCUT2D eigenvalue weighted by molar-refractivity contribution is 0.480. The first-order chi connectivity index (χ1) is 10.6. The molecule has 0 aromatic heterocycles. The van der Waals surface area contributed by atoms with Crippen LogP contribution in [0.2, 0.25) is 0 Å². The van der Waals surface area contributed by atoms with E-state index in [4.69, 9.17) is 11.6 Å². The molecule has 1 aliphatic heterocycles. The highest BCUT2D eigenvalue weighted by Gasteiger charge is 2.29. The van der Waals surface area contributed by atoms with Crippen molar-refractivity contribution in [3.8, 4) is 0 Å². The molecule has 0 unspecified atom stereocenters. The number of allylic oxidation sites excluding steroid dienone is 1. The summed E-state index contributed by atoms with van der Waals surface area (Å²) in [5, 5.41) is 1.57. The Balaban J connectivity index is 2.10. The first-order valence-electron chi connectivity index (χ1n) is 7.20. The topological polar surface area (TPSA) is 58.5 Å². The third-order valence-electron chi connectivity index (χ3n) is 3.84. The van der Waals surface area contributed by atoms with Gasteiger partial charge in [-0.25, -0.2) is 5.84 Å². The average molecular weight is 292 g/mol. The van der Waals surface area contributed by atoms with Crippen molar-refractivity contribution in [3.05, 3.63) is 83.8 Å². The third kappa shape index (κ3) is 2.34. The molecule has 1 aliphatic rings. The van der Waals surface area contributed by atoms with Gasteiger partial charge in [-0.05, 0) is 18.6 Å². The summed E-state index contributed by atoms with van der Waals surface area (Å²) < 4.78 is 0. The van der Waals surface area contributed by atoms with Crippen LogP contribution in [0.4, 0.5) is 5.69 Å². The second kappa shape index (κ2) is 5.58. The van der Waals surface area contributed by atoms with Crippen molar-refractivity contribution in [1.29, 1.82) is 0 Å². The zero-order chi connectivity index (χ0) is 15.7. The molecule has 1 heterocycles. The molecule has 112 valence electrons. The van der Waals surface area contributed by atoms with Gasteiger partial charge in [0.05, 0.1) is 11.4 Å². The van der Waals surface area contributed by atoms with Crippen LogP contribution < -0.4 is 16.5 Å². The average Bonchev–Trinajstić information content (AvgIpc) is 2.52. The van der Waals surface area contributed by atoms with Crippen LogP contribution in [0.5, 0.6) is 0 Å². The van der Waals surface area contributed by atoms with Gasteiger partial charge in [0.2, 0.25) is 0 Å². The molecule has 4 nitrogen and oxygen atoms in total. The van der Waals surface area contributed by atoms with Crippen LogP contribution in [0.3, 0.4) is 0 Å². The maximum Gasteiger partial charge on any atom is 0.121 e. The summed E-state index contributed by atoms with van der Waals surface area (Å²) in [6.45, 7) is 6.70. The largest absolute Gasteiger partial charge is 0.401 e. The lowest BCUT2D eigenvalue weighted by Gasteiger charge is -2.40. The summed E-state index contributed by atoms with van der Waals surface area (Å²) in [5.41, 5.74) is 10.8. The first kappa shape index (κ1) is 14.2. The van der Waals surface area contributed by atoms with Crippen LogP contribution >= 0.6 is 0 Å². The Morgan fingerprint density at radius 3 is 2.36 bits per heavy atom. The van der Waals surface area contributed by atoms with Crippen LogP contribution in [-0.2, 0) is 6.54 Å². The Morgan fingerprint density at radius 1 is 1.05 bits per heavy atom. The summed E-state index contributed by atoms with van der Waals surface area (Å²) in [6, 6.07) is 18.4. The van der Waals surface area contributed by atoms with Crippen LogP contribution in [0.1, 0.15) is 18.1 Å². The number of benzene rings is 2. The van der Waals surface area contributed by atoms with Gasteiger partial charge < -0.3 is 10.6 Å². The summed E-state index contributed by atoms with van der Waals surface area (Å²) in [7, 11) is 0. The number of hydrogen-bond donors (Lipinski definition) is 2. The van der Waals surface area contributed by atoms with E-state index in [1.165, 1.54) is 5.56 Å². The van der Waals surface area contributed by atoms with Gasteiger partial charge >= 0.3 is 0 Å². The Kier molecular flexibility index (Phi) is 3.61.